The van der Waals surface area contributed by atoms with Crippen LogP contribution in [-0.4, -0.2) is 27.7 Å². The number of aliphatic imine (C=N–C) groups is 1. The predicted octanol–water partition coefficient (Wildman–Crippen LogP) is 8.02. The molecular formula is C28H19BrN4O7. The average molecular weight is 603 g/mol. The number of nitro groups is 2. The number of rotatable bonds is 9. The summed E-state index contributed by atoms with van der Waals surface area (Å²) in [5.74, 6) is 0.890. The van der Waals surface area contributed by atoms with E-state index in [2.05, 4.69) is 25.9 Å². The zero-order valence-electron chi connectivity index (χ0n) is 20.8. The molecule has 11 nitrogen and oxygen atoms in total. The molecule has 12 heteroatoms. The van der Waals surface area contributed by atoms with Crippen molar-refractivity contribution in [3.05, 3.63) is 109 Å². The van der Waals surface area contributed by atoms with Crippen LogP contribution in [0.1, 0.15) is 12.5 Å². The number of aromatic nitrogens is 1. The number of oxazole rings is 1. The molecule has 0 saturated carbocycles. The van der Waals surface area contributed by atoms with Gasteiger partial charge in [0.05, 0.1) is 28.2 Å². The number of hydrogen-bond acceptors (Lipinski definition) is 9. The van der Waals surface area contributed by atoms with Gasteiger partial charge in [-0.3, -0.25) is 25.2 Å². The fourth-order valence-electron chi connectivity index (χ4n) is 3.79. The lowest BCUT2D eigenvalue weighted by Crippen LogP contribution is -1.99. The van der Waals surface area contributed by atoms with Crippen LogP contribution in [0.15, 0.2) is 92.7 Å². The van der Waals surface area contributed by atoms with Gasteiger partial charge in [-0.2, -0.15) is 0 Å². The summed E-state index contributed by atoms with van der Waals surface area (Å²) in [5, 5.41) is 22.5. The minimum Gasteiger partial charge on any atom is -0.490 e. The number of benzene rings is 4. The molecule has 0 bridgehead atoms. The monoisotopic (exact) mass is 602 g/mol. The van der Waals surface area contributed by atoms with Gasteiger partial charge in [0.1, 0.15) is 5.52 Å². The number of fused-ring (bicyclic) bond motifs is 1. The van der Waals surface area contributed by atoms with Crippen molar-refractivity contribution in [1.82, 2.24) is 4.98 Å². The fraction of sp³-hybridized carbons (Fsp3) is 0.0714. The zero-order chi connectivity index (χ0) is 28.2. The highest BCUT2D eigenvalue weighted by Crippen LogP contribution is 2.38. The van der Waals surface area contributed by atoms with E-state index in [9.17, 15) is 20.2 Å². The van der Waals surface area contributed by atoms with Gasteiger partial charge in [0.25, 0.3) is 5.69 Å². The topological polar surface area (TPSA) is 143 Å². The van der Waals surface area contributed by atoms with E-state index in [1.165, 1.54) is 6.07 Å². The van der Waals surface area contributed by atoms with Crippen LogP contribution >= 0.6 is 15.9 Å². The van der Waals surface area contributed by atoms with E-state index in [0.29, 0.717) is 40.6 Å². The maximum Gasteiger partial charge on any atom is 0.318 e. The van der Waals surface area contributed by atoms with Crippen molar-refractivity contribution in [1.29, 1.82) is 0 Å². The van der Waals surface area contributed by atoms with Crippen molar-refractivity contribution in [2.75, 3.05) is 6.61 Å². The molecule has 5 aromatic rings. The van der Waals surface area contributed by atoms with E-state index in [1.807, 2.05) is 36.4 Å². The van der Waals surface area contributed by atoms with Crippen molar-refractivity contribution >= 4 is 50.3 Å². The first-order valence-corrected chi connectivity index (χ1v) is 12.7. The third-order valence-corrected chi connectivity index (χ3v) is 6.19. The summed E-state index contributed by atoms with van der Waals surface area (Å²) in [6.45, 7) is 2.09. The fourth-order valence-corrected chi connectivity index (χ4v) is 4.05. The van der Waals surface area contributed by atoms with E-state index in [0.717, 1.165) is 22.2 Å². The van der Waals surface area contributed by atoms with Gasteiger partial charge in [-0.1, -0.05) is 15.9 Å². The molecule has 0 radical (unpaired) electrons. The van der Waals surface area contributed by atoms with Gasteiger partial charge < -0.3 is 13.9 Å². The first-order valence-electron chi connectivity index (χ1n) is 11.9. The number of non-ortho nitro benzene ring substituents is 1. The molecule has 1 aromatic heterocycles. The maximum atomic E-state index is 11.5. The first-order chi connectivity index (χ1) is 19.3. The molecule has 0 amide bonds. The highest BCUT2D eigenvalue weighted by atomic mass is 79.9. The molecule has 0 spiro atoms. The lowest BCUT2D eigenvalue weighted by molar-refractivity contribution is -0.394. The second kappa shape index (κ2) is 11.3. The molecular weight excluding hydrogens is 584 g/mol. The van der Waals surface area contributed by atoms with Crippen LogP contribution < -0.4 is 9.47 Å². The average Bonchev–Trinajstić information content (AvgIpc) is 3.37. The Bertz CT molecular complexity index is 1770. The second-order valence-electron chi connectivity index (χ2n) is 8.34. The molecule has 0 aliphatic carbocycles. The van der Waals surface area contributed by atoms with Crippen LogP contribution in [-0.2, 0) is 0 Å². The molecule has 0 aliphatic rings. The largest absolute Gasteiger partial charge is 0.490 e. The van der Waals surface area contributed by atoms with Gasteiger partial charge in [-0.05, 0) is 79.2 Å². The van der Waals surface area contributed by atoms with Gasteiger partial charge in [0.15, 0.2) is 17.1 Å². The Hall–Kier alpha value is -5.10. The first kappa shape index (κ1) is 26.5. The molecule has 200 valence electrons. The molecule has 0 saturated heterocycles. The number of hydrogen-bond donors (Lipinski definition) is 0. The Balaban J connectivity index is 1.39. The van der Waals surface area contributed by atoms with Crippen LogP contribution in [0.25, 0.3) is 22.6 Å². The van der Waals surface area contributed by atoms with Crippen LogP contribution in [0.2, 0.25) is 0 Å². The van der Waals surface area contributed by atoms with Crippen LogP contribution in [0.5, 0.6) is 17.2 Å². The van der Waals surface area contributed by atoms with E-state index < -0.39 is 21.2 Å². The van der Waals surface area contributed by atoms with Crippen LogP contribution in [0, 0.1) is 20.2 Å². The van der Waals surface area contributed by atoms with Gasteiger partial charge in [0.2, 0.25) is 11.6 Å². The Morgan fingerprint density at radius 2 is 1.70 bits per heavy atom. The lowest BCUT2D eigenvalue weighted by Gasteiger charge is -2.12. The van der Waals surface area contributed by atoms with Crippen molar-refractivity contribution in [2.45, 2.75) is 6.92 Å². The van der Waals surface area contributed by atoms with Crippen LogP contribution in [0.3, 0.4) is 0 Å². The smallest absolute Gasteiger partial charge is 0.318 e. The normalized spacial score (nSPS) is 11.2. The summed E-state index contributed by atoms with van der Waals surface area (Å²) in [6.07, 6.45) is 1.64. The third-order valence-electron chi connectivity index (χ3n) is 5.66. The molecule has 5 rings (SSSR count). The van der Waals surface area contributed by atoms with E-state index in [1.54, 1.807) is 37.4 Å². The van der Waals surface area contributed by atoms with Gasteiger partial charge >= 0.3 is 5.69 Å². The number of halogens is 1. The quantitative estimate of drug-likeness (QED) is 0.0936. The van der Waals surface area contributed by atoms with Crippen molar-refractivity contribution in [2.24, 2.45) is 4.99 Å². The number of ether oxygens (including phenoxy) is 2. The summed E-state index contributed by atoms with van der Waals surface area (Å²) in [5.41, 5.74) is 2.55. The maximum absolute atomic E-state index is 11.5. The standard InChI is InChI=1S/C28H19BrN4O7/c1-2-38-27-13-17(3-10-26(27)39-25-12-9-21(32(34)35)15-23(25)33(36)37)16-30-20-8-11-24-22(14-20)31-28(40-24)18-4-6-19(29)7-5-18/h3-16H,2H2,1H3. The molecule has 0 N–H and O–H groups in total. The molecule has 0 aliphatic heterocycles. The van der Waals surface area contributed by atoms with E-state index in [-0.39, 0.29) is 11.5 Å². The summed E-state index contributed by atoms with van der Waals surface area (Å²) >= 11 is 3.42. The molecule has 0 unspecified atom stereocenters. The lowest BCUT2D eigenvalue weighted by atomic mass is 10.2. The minimum atomic E-state index is -0.739. The third kappa shape index (κ3) is 5.81. The number of nitrogens with zero attached hydrogens (tertiary/aromatic N) is 4. The zero-order valence-corrected chi connectivity index (χ0v) is 22.4. The van der Waals surface area contributed by atoms with Gasteiger partial charge in [-0.25, -0.2) is 4.98 Å². The van der Waals surface area contributed by atoms with Crippen molar-refractivity contribution in [3.8, 4) is 28.7 Å². The number of nitro benzene ring substituents is 2. The van der Waals surface area contributed by atoms with E-state index >= 15 is 0 Å². The molecule has 4 aromatic carbocycles. The Morgan fingerprint density at radius 3 is 2.42 bits per heavy atom. The highest BCUT2D eigenvalue weighted by Gasteiger charge is 2.22. The van der Waals surface area contributed by atoms with Crippen molar-refractivity contribution in [3.63, 3.8) is 0 Å². The van der Waals surface area contributed by atoms with Crippen LogP contribution in [0.4, 0.5) is 17.1 Å². The Labute approximate surface area is 235 Å². The van der Waals surface area contributed by atoms with Gasteiger partial charge in [-0.15, -0.1) is 0 Å². The second-order valence-corrected chi connectivity index (χ2v) is 9.26. The minimum absolute atomic E-state index is 0.151. The highest BCUT2D eigenvalue weighted by molar-refractivity contribution is 9.10. The SMILES string of the molecule is CCOc1cc(C=Nc2ccc3oc(-c4ccc(Br)cc4)nc3c2)ccc1Oc1ccc([N+](=O)[O-])cc1[N+](=O)[O-]. The molecule has 40 heavy (non-hydrogen) atoms. The Kier molecular flexibility index (Phi) is 7.51. The predicted molar refractivity (Wildman–Crippen MR) is 152 cm³/mol. The van der Waals surface area contributed by atoms with Crippen molar-refractivity contribution < 1.29 is 23.7 Å². The summed E-state index contributed by atoms with van der Waals surface area (Å²) in [7, 11) is 0. The summed E-state index contributed by atoms with van der Waals surface area (Å²) in [6, 6.07) is 21.2. The summed E-state index contributed by atoms with van der Waals surface area (Å²) < 4.78 is 18.3. The Morgan fingerprint density at radius 1 is 0.925 bits per heavy atom. The molecule has 0 fully saturated rings. The molecule has 0 atom stereocenters. The van der Waals surface area contributed by atoms with E-state index in [4.69, 9.17) is 13.9 Å². The van der Waals surface area contributed by atoms with Gasteiger partial charge in [0, 0.05) is 22.3 Å². The summed E-state index contributed by atoms with van der Waals surface area (Å²) in [4.78, 5) is 30.2. The molecule has 1 heterocycles.